The van der Waals surface area contributed by atoms with Crippen molar-refractivity contribution in [2.75, 3.05) is 6.54 Å². The summed E-state index contributed by atoms with van der Waals surface area (Å²) < 4.78 is 0. The van der Waals surface area contributed by atoms with Gasteiger partial charge >= 0.3 is 0 Å². The molecule has 1 N–H and O–H groups in total. The lowest BCUT2D eigenvalue weighted by Crippen LogP contribution is -2.29. The maximum Gasteiger partial charge on any atom is 0.141 e. The van der Waals surface area contributed by atoms with Crippen molar-refractivity contribution < 1.29 is 4.79 Å². The van der Waals surface area contributed by atoms with Crippen molar-refractivity contribution in [2.45, 2.75) is 25.8 Å². The third-order valence-electron chi connectivity index (χ3n) is 4.04. The fourth-order valence-electron chi connectivity index (χ4n) is 2.93. The minimum atomic E-state index is 0.159. The van der Waals surface area contributed by atoms with Crippen LogP contribution in [0.4, 0.5) is 0 Å². The Morgan fingerprint density at radius 2 is 2.21 bits per heavy atom. The first-order valence-electron chi connectivity index (χ1n) is 6.84. The van der Waals surface area contributed by atoms with Gasteiger partial charge in [-0.15, -0.1) is 0 Å². The van der Waals surface area contributed by atoms with Crippen LogP contribution in [0.3, 0.4) is 0 Å². The smallest absolute Gasteiger partial charge is 0.141 e. The van der Waals surface area contributed by atoms with Crippen molar-refractivity contribution in [3.05, 3.63) is 42.1 Å². The zero-order valence-corrected chi connectivity index (χ0v) is 11.1. The van der Waals surface area contributed by atoms with E-state index < -0.39 is 0 Å². The van der Waals surface area contributed by atoms with Gasteiger partial charge in [-0.1, -0.05) is 18.2 Å². The van der Waals surface area contributed by atoms with Crippen molar-refractivity contribution in [2.24, 2.45) is 5.92 Å². The summed E-state index contributed by atoms with van der Waals surface area (Å²) in [4.78, 5) is 16.7. The van der Waals surface area contributed by atoms with E-state index in [-0.39, 0.29) is 5.92 Å². The van der Waals surface area contributed by atoms with E-state index in [9.17, 15) is 4.79 Å². The highest BCUT2D eigenvalue weighted by molar-refractivity contribution is 5.90. The fourth-order valence-corrected chi connectivity index (χ4v) is 2.93. The molecule has 0 bridgehead atoms. The first kappa shape index (κ1) is 12.3. The molecule has 19 heavy (non-hydrogen) atoms. The van der Waals surface area contributed by atoms with Crippen molar-refractivity contribution >= 4 is 16.7 Å². The fraction of sp³-hybridized carbons (Fsp3) is 0.375. The summed E-state index contributed by atoms with van der Waals surface area (Å²) >= 11 is 0. The highest BCUT2D eigenvalue weighted by atomic mass is 16.1. The van der Waals surface area contributed by atoms with E-state index >= 15 is 0 Å². The van der Waals surface area contributed by atoms with Crippen LogP contribution in [-0.2, 0) is 11.2 Å². The van der Waals surface area contributed by atoms with Gasteiger partial charge in [-0.3, -0.25) is 9.78 Å². The van der Waals surface area contributed by atoms with Gasteiger partial charge in [-0.2, -0.15) is 0 Å². The van der Waals surface area contributed by atoms with Crippen LogP contribution in [0.5, 0.6) is 0 Å². The molecule has 3 rings (SSSR count). The second kappa shape index (κ2) is 5.10. The van der Waals surface area contributed by atoms with Crippen LogP contribution in [0.25, 0.3) is 10.9 Å². The summed E-state index contributed by atoms with van der Waals surface area (Å²) in [6.07, 6.45) is 3.27. The Bertz CT molecular complexity index is 603. The average molecular weight is 254 g/mol. The number of para-hydroxylation sites is 1. The van der Waals surface area contributed by atoms with Gasteiger partial charge in [0.25, 0.3) is 0 Å². The number of aromatic nitrogens is 1. The lowest BCUT2D eigenvalue weighted by molar-refractivity contribution is -0.122. The number of nitrogens with zero attached hydrogens (tertiary/aromatic N) is 1. The molecule has 2 heterocycles. The second-order valence-electron chi connectivity index (χ2n) is 5.27. The molecule has 3 heteroatoms. The molecular weight excluding hydrogens is 236 g/mol. The van der Waals surface area contributed by atoms with Crippen molar-refractivity contribution in [3.8, 4) is 0 Å². The van der Waals surface area contributed by atoms with E-state index in [4.69, 9.17) is 0 Å². The Balaban J connectivity index is 1.87. The van der Waals surface area contributed by atoms with Gasteiger partial charge < -0.3 is 5.32 Å². The highest BCUT2D eigenvalue weighted by Gasteiger charge is 2.29. The normalized spacial score (nSPS) is 22.8. The molecule has 1 aliphatic heterocycles. The van der Waals surface area contributed by atoms with Gasteiger partial charge in [0.1, 0.15) is 5.78 Å². The summed E-state index contributed by atoms with van der Waals surface area (Å²) in [5, 5.41) is 4.43. The van der Waals surface area contributed by atoms with Gasteiger partial charge in [0.2, 0.25) is 0 Å². The summed E-state index contributed by atoms with van der Waals surface area (Å²) in [7, 11) is 0. The Hall–Kier alpha value is -1.74. The number of pyridine rings is 1. The molecule has 98 valence electrons. The van der Waals surface area contributed by atoms with E-state index in [0.29, 0.717) is 18.2 Å². The van der Waals surface area contributed by atoms with E-state index in [2.05, 4.69) is 17.2 Å². The topological polar surface area (TPSA) is 42.0 Å². The molecule has 1 aromatic heterocycles. The lowest BCUT2D eigenvalue weighted by Gasteiger charge is -2.14. The maximum absolute atomic E-state index is 12.4. The standard InChI is InChI=1S/C16H18N2O/c1-11-13(7-9-17-11)16(19)10-12-6-8-18-15-5-3-2-4-14(12)15/h2-6,8,11,13,17H,7,9-10H2,1H3. The molecule has 2 aromatic rings. The number of carbonyl (C=O) groups excluding carboxylic acids is 1. The second-order valence-corrected chi connectivity index (χ2v) is 5.27. The molecule has 0 radical (unpaired) electrons. The Morgan fingerprint density at radius 3 is 3.00 bits per heavy atom. The molecule has 3 nitrogen and oxygen atoms in total. The Kier molecular flexibility index (Phi) is 3.30. The van der Waals surface area contributed by atoms with Crippen LogP contribution in [-0.4, -0.2) is 23.4 Å². The highest BCUT2D eigenvalue weighted by Crippen LogP contribution is 2.22. The number of carbonyl (C=O) groups is 1. The number of fused-ring (bicyclic) bond motifs is 1. The predicted molar refractivity (Wildman–Crippen MR) is 76.0 cm³/mol. The van der Waals surface area contributed by atoms with Gasteiger partial charge in [-0.25, -0.2) is 0 Å². The Labute approximate surface area is 113 Å². The molecule has 2 unspecified atom stereocenters. The van der Waals surface area contributed by atoms with E-state index in [0.717, 1.165) is 29.4 Å². The molecule has 1 aliphatic rings. The van der Waals surface area contributed by atoms with Gasteiger partial charge in [-0.05, 0) is 37.6 Å². The van der Waals surface area contributed by atoms with Crippen LogP contribution >= 0.6 is 0 Å². The number of hydrogen-bond donors (Lipinski definition) is 1. The third-order valence-corrected chi connectivity index (χ3v) is 4.04. The zero-order chi connectivity index (χ0) is 13.2. The number of Topliss-reactive ketones (excluding diaryl/α,β-unsaturated/α-hetero) is 1. The molecule has 0 saturated carbocycles. The average Bonchev–Trinajstić information content (AvgIpc) is 2.85. The van der Waals surface area contributed by atoms with E-state index in [1.54, 1.807) is 6.20 Å². The summed E-state index contributed by atoms with van der Waals surface area (Å²) in [6.45, 7) is 3.05. The van der Waals surface area contributed by atoms with Crippen LogP contribution in [0.2, 0.25) is 0 Å². The van der Waals surface area contributed by atoms with Crippen LogP contribution in [0.1, 0.15) is 18.9 Å². The molecular formula is C16H18N2O. The molecule has 1 fully saturated rings. The molecule has 0 aliphatic carbocycles. The molecule has 1 saturated heterocycles. The van der Waals surface area contributed by atoms with Crippen molar-refractivity contribution in [3.63, 3.8) is 0 Å². The number of benzene rings is 1. The van der Waals surface area contributed by atoms with Gasteiger partial charge in [0.05, 0.1) is 5.52 Å². The van der Waals surface area contributed by atoms with Crippen molar-refractivity contribution in [1.82, 2.24) is 10.3 Å². The summed E-state index contributed by atoms with van der Waals surface area (Å²) in [5.41, 5.74) is 2.06. The third kappa shape index (κ3) is 2.38. The number of rotatable bonds is 3. The minimum Gasteiger partial charge on any atom is -0.314 e. The summed E-state index contributed by atoms with van der Waals surface area (Å²) in [6, 6.07) is 10.3. The van der Waals surface area contributed by atoms with Gasteiger partial charge in [0.15, 0.2) is 0 Å². The first-order chi connectivity index (χ1) is 9.25. The predicted octanol–water partition coefficient (Wildman–Crippen LogP) is 2.34. The van der Waals surface area contributed by atoms with Crippen molar-refractivity contribution in [1.29, 1.82) is 0 Å². The monoisotopic (exact) mass is 254 g/mol. The van der Waals surface area contributed by atoms with E-state index in [1.165, 1.54) is 0 Å². The molecule has 0 amide bonds. The zero-order valence-electron chi connectivity index (χ0n) is 11.1. The lowest BCUT2D eigenvalue weighted by atomic mass is 9.91. The SMILES string of the molecule is CC1NCCC1C(=O)Cc1ccnc2ccccc12. The number of nitrogens with one attached hydrogen (secondary N) is 1. The Morgan fingerprint density at radius 1 is 1.37 bits per heavy atom. The first-order valence-corrected chi connectivity index (χ1v) is 6.84. The van der Waals surface area contributed by atoms with Crippen LogP contribution in [0.15, 0.2) is 36.5 Å². The molecule has 1 aromatic carbocycles. The minimum absolute atomic E-state index is 0.159. The molecule has 0 spiro atoms. The van der Waals surface area contributed by atoms with Crippen LogP contribution < -0.4 is 5.32 Å². The summed E-state index contributed by atoms with van der Waals surface area (Å²) in [5.74, 6) is 0.501. The quantitative estimate of drug-likeness (QED) is 0.914. The maximum atomic E-state index is 12.4. The van der Waals surface area contributed by atoms with Crippen LogP contribution in [0, 0.1) is 5.92 Å². The number of ketones is 1. The van der Waals surface area contributed by atoms with E-state index in [1.807, 2.05) is 30.3 Å². The number of hydrogen-bond acceptors (Lipinski definition) is 3. The largest absolute Gasteiger partial charge is 0.314 e. The molecule has 2 atom stereocenters. The van der Waals surface area contributed by atoms with Gasteiger partial charge in [0, 0.05) is 30.0 Å².